The molecule has 0 fully saturated rings. The van der Waals surface area contributed by atoms with Gasteiger partial charge in [-0.25, -0.2) is 0 Å². The van der Waals surface area contributed by atoms with E-state index in [1.807, 2.05) is 0 Å². The molecular weight excluding hydrogens is 271 g/mol. The third-order valence-corrected chi connectivity index (χ3v) is 4.09. The zero-order valence-corrected chi connectivity index (χ0v) is 9.71. The standard InChI is InChI=1S/C10H4F3NOS2/c11-10(12,13)17-9-5-2-1-3-6(15)8(5)16-7(9)4-14/h1-3,15H. The topological polar surface area (TPSA) is 44.0 Å². The summed E-state index contributed by atoms with van der Waals surface area (Å²) in [6.07, 6.45) is 0. The van der Waals surface area contributed by atoms with E-state index in [4.69, 9.17) is 5.26 Å². The Morgan fingerprint density at radius 1 is 1.35 bits per heavy atom. The number of aromatic hydroxyl groups is 1. The largest absolute Gasteiger partial charge is 0.506 e. The predicted molar refractivity (Wildman–Crippen MR) is 60.1 cm³/mol. The van der Waals surface area contributed by atoms with Gasteiger partial charge < -0.3 is 5.11 Å². The quantitative estimate of drug-likeness (QED) is 0.797. The first-order chi connectivity index (χ1) is 7.92. The van der Waals surface area contributed by atoms with Crippen LogP contribution in [0, 0.1) is 11.3 Å². The normalized spacial score (nSPS) is 11.6. The van der Waals surface area contributed by atoms with Crippen LogP contribution in [-0.4, -0.2) is 10.6 Å². The molecule has 0 bridgehead atoms. The van der Waals surface area contributed by atoms with Gasteiger partial charge in [-0.1, -0.05) is 12.1 Å². The van der Waals surface area contributed by atoms with Crippen LogP contribution in [0.25, 0.3) is 10.1 Å². The number of hydrogen-bond acceptors (Lipinski definition) is 4. The van der Waals surface area contributed by atoms with Crippen LogP contribution in [0.15, 0.2) is 23.1 Å². The summed E-state index contributed by atoms with van der Waals surface area (Å²) < 4.78 is 37.4. The molecule has 1 aromatic carbocycles. The highest BCUT2D eigenvalue weighted by atomic mass is 32.2. The number of thiophene rings is 1. The molecule has 0 spiro atoms. The van der Waals surface area contributed by atoms with Crippen LogP contribution in [0.2, 0.25) is 0 Å². The highest BCUT2D eigenvalue weighted by Gasteiger charge is 2.32. The van der Waals surface area contributed by atoms with E-state index in [2.05, 4.69) is 0 Å². The van der Waals surface area contributed by atoms with Crippen molar-refractivity contribution in [3.63, 3.8) is 0 Å². The second-order valence-electron chi connectivity index (χ2n) is 3.07. The Morgan fingerprint density at radius 2 is 2.06 bits per heavy atom. The third-order valence-electron chi connectivity index (χ3n) is 1.97. The van der Waals surface area contributed by atoms with Gasteiger partial charge in [0.2, 0.25) is 0 Å². The molecule has 0 saturated carbocycles. The van der Waals surface area contributed by atoms with Gasteiger partial charge in [0.25, 0.3) is 0 Å². The zero-order chi connectivity index (χ0) is 12.6. The minimum atomic E-state index is -4.45. The lowest BCUT2D eigenvalue weighted by Crippen LogP contribution is -1.99. The van der Waals surface area contributed by atoms with E-state index < -0.39 is 5.51 Å². The molecule has 88 valence electrons. The molecule has 0 unspecified atom stereocenters. The fraction of sp³-hybridized carbons (Fsp3) is 0.100. The number of halogens is 3. The molecule has 0 atom stereocenters. The first kappa shape index (κ1) is 12.1. The summed E-state index contributed by atoms with van der Waals surface area (Å²) in [5, 5.41) is 18.6. The molecule has 1 heterocycles. The van der Waals surface area contributed by atoms with Crippen molar-refractivity contribution < 1.29 is 18.3 Å². The lowest BCUT2D eigenvalue weighted by molar-refractivity contribution is -0.0327. The highest BCUT2D eigenvalue weighted by Crippen LogP contribution is 2.47. The minimum absolute atomic E-state index is 0.0381. The Hall–Kier alpha value is -1.39. The Morgan fingerprint density at radius 3 is 2.65 bits per heavy atom. The van der Waals surface area contributed by atoms with Crippen LogP contribution in [-0.2, 0) is 0 Å². The van der Waals surface area contributed by atoms with Crippen molar-refractivity contribution in [3.8, 4) is 11.8 Å². The van der Waals surface area contributed by atoms with Gasteiger partial charge in [-0.05, 0) is 17.8 Å². The average Bonchev–Trinajstić information content (AvgIpc) is 2.56. The number of benzene rings is 1. The molecule has 0 aliphatic carbocycles. The summed E-state index contributed by atoms with van der Waals surface area (Å²) in [6, 6.07) is 6.01. The Bertz CT molecular complexity index is 612. The maximum Gasteiger partial charge on any atom is 0.446 e. The van der Waals surface area contributed by atoms with Gasteiger partial charge in [0.1, 0.15) is 16.7 Å². The van der Waals surface area contributed by atoms with Crippen LogP contribution in [0.3, 0.4) is 0 Å². The van der Waals surface area contributed by atoms with Crippen molar-refractivity contribution in [3.05, 3.63) is 23.1 Å². The van der Waals surface area contributed by atoms with Gasteiger partial charge in [-0.15, -0.1) is 11.3 Å². The molecular formula is C10H4F3NOS2. The Kier molecular flexibility index (Phi) is 2.93. The third kappa shape index (κ3) is 2.33. The molecule has 0 amide bonds. The van der Waals surface area contributed by atoms with Crippen molar-refractivity contribution in [2.45, 2.75) is 10.4 Å². The van der Waals surface area contributed by atoms with Crippen molar-refractivity contribution in [1.82, 2.24) is 0 Å². The summed E-state index contributed by atoms with van der Waals surface area (Å²) in [7, 11) is 0. The minimum Gasteiger partial charge on any atom is -0.506 e. The van der Waals surface area contributed by atoms with E-state index in [0.717, 1.165) is 11.3 Å². The van der Waals surface area contributed by atoms with E-state index in [0.29, 0.717) is 4.70 Å². The van der Waals surface area contributed by atoms with Crippen LogP contribution in [0.4, 0.5) is 13.2 Å². The van der Waals surface area contributed by atoms with Gasteiger partial charge >= 0.3 is 5.51 Å². The fourth-order valence-corrected chi connectivity index (χ4v) is 3.24. The molecule has 0 radical (unpaired) electrons. The maximum atomic E-state index is 12.4. The van der Waals surface area contributed by atoms with E-state index in [-0.39, 0.29) is 32.7 Å². The Labute approximate surface area is 102 Å². The van der Waals surface area contributed by atoms with Gasteiger partial charge in [-0.3, -0.25) is 0 Å². The maximum absolute atomic E-state index is 12.4. The number of alkyl halides is 3. The highest BCUT2D eigenvalue weighted by molar-refractivity contribution is 8.00. The molecule has 2 rings (SSSR count). The first-order valence-corrected chi connectivity index (χ1v) is 5.96. The number of nitriles is 1. The molecule has 0 saturated heterocycles. The van der Waals surface area contributed by atoms with Crippen molar-refractivity contribution >= 4 is 33.2 Å². The van der Waals surface area contributed by atoms with E-state index in [9.17, 15) is 18.3 Å². The number of fused-ring (bicyclic) bond motifs is 1. The molecule has 7 heteroatoms. The van der Waals surface area contributed by atoms with Crippen molar-refractivity contribution in [1.29, 1.82) is 5.26 Å². The molecule has 2 nitrogen and oxygen atoms in total. The summed E-state index contributed by atoms with van der Waals surface area (Å²) in [5.74, 6) is -0.113. The molecule has 2 aromatic rings. The number of phenolic OH excluding ortho intramolecular Hbond substituents is 1. The second kappa shape index (κ2) is 4.13. The van der Waals surface area contributed by atoms with E-state index in [1.54, 1.807) is 6.07 Å². The summed E-state index contributed by atoms with van der Waals surface area (Å²) in [5.41, 5.74) is -4.45. The lowest BCUT2D eigenvalue weighted by Gasteiger charge is -2.04. The van der Waals surface area contributed by atoms with Crippen LogP contribution in [0.5, 0.6) is 5.75 Å². The number of nitrogens with zero attached hydrogens (tertiary/aromatic N) is 1. The fourth-order valence-electron chi connectivity index (χ4n) is 1.37. The number of thioether (sulfide) groups is 1. The second-order valence-corrected chi connectivity index (χ2v) is 5.17. The van der Waals surface area contributed by atoms with Gasteiger partial charge in [-0.2, -0.15) is 18.4 Å². The van der Waals surface area contributed by atoms with Gasteiger partial charge in [0, 0.05) is 5.39 Å². The number of phenols is 1. The summed E-state index contributed by atoms with van der Waals surface area (Å²) in [6.45, 7) is 0. The molecule has 0 aliphatic rings. The zero-order valence-electron chi connectivity index (χ0n) is 8.08. The van der Waals surface area contributed by atoms with Gasteiger partial charge in [0.05, 0.1) is 9.60 Å². The van der Waals surface area contributed by atoms with E-state index in [1.165, 1.54) is 18.2 Å². The smallest absolute Gasteiger partial charge is 0.446 e. The number of rotatable bonds is 1. The van der Waals surface area contributed by atoms with Crippen LogP contribution < -0.4 is 0 Å². The summed E-state index contributed by atoms with van der Waals surface area (Å²) in [4.78, 5) is -0.181. The predicted octanol–water partition coefficient (Wildman–Crippen LogP) is 4.09. The monoisotopic (exact) mass is 275 g/mol. The van der Waals surface area contributed by atoms with Crippen molar-refractivity contribution in [2.75, 3.05) is 0 Å². The molecule has 0 aliphatic heterocycles. The first-order valence-electron chi connectivity index (χ1n) is 4.32. The molecule has 1 aromatic heterocycles. The summed E-state index contributed by atoms with van der Waals surface area (Å²) >= 11 is 0.533. The number of hydrogen-bond donors (Lipinski definition) is 1. The Balaban J connectivity index is 2.68. The van der Waals surface area contributed by atoms with Crippen LogP contribution in [0.1, 0.15) is 4.88 Å². The molecule has 1 N–H and O–H groups in total. The van der Waals surface area contributed by atoms with Gasteiger partial charge in [0.15, 0.2) is 0 Å². The average molecular weight is 275 g/mol. The van der Waals surface area contributed by atoms with Crippen LogP contribution >= 0.6 is 23.1 Å². The van der Waals surface area contributed by atoms with E-state index >= 15 is 0 Å². The SMILES string of the molecule is N#Cc1sc2c(O)cccc2c1SC(F)(F)F. The lowest BCUT2D eigenvalue weighted by atomic mass is 10.2. The molecule has 17 heavy (non-hydrogen) atoms. The van der Waals surface area contributed by atoms with Crippen molar-refractivity contribution in [2.24, 2.45) is 0 Å².